The highest BCUT2D eigenvalue weighted by molar-refractivity contribution is 7.75. The lowest BCUT2D eigenvalue weighted by atomic mass is 10.1. The van der Waals surface area contributed by atoms with Crippen molar-refractivity contribution in [1.29, 1.82) is 0 Å². The van der Waals surface area contributed by atoms with Gasteiger partial charge in [-0.1, -0.05) is 65.7 Å². The smallest absolute Gasteiger partial charge is 0.0594 e. The van der Waals surface area contributed by atoms with Crippen LogP contribution < -0.4 is 0 Å². The molecule has 21 heavy (non-hydrogen) atoms. The molecule has 0 saturated heterocycles. The largest absolute Gasteiger partial charge is 0.0654 e. The minimum Gasteiger partial charge on any atom is -0.0654 e. The zero-order valence-electron chi connectivity index (χ0n) is 15.8. The van der Waals surface area contributed by atoms with Crippen LogP contribution in [0.25, 0.3) is 0 Å². The minimum absolute atomic E-state index is 0.589. The molecule has 0 aromatic rings. The van der Waals surface area contributed by atoms with E-state index in [-0.39, 0.29) is 0 Å². The molecule has 0 radical (unpaired) electrons. The van der Waals surface area contributed by atoms with Crippen molar-refractivity contribution in [3.8, 4) is 0 Å². The second kappa shape index (κ2) is 15.3. The Morgan fingerprint density at radius 2 is 0.810 bits per heavy atom. The molecule has 0 aromatic heterocycles. The van der Waals surface area contributed by atoms with Gasteiger partial charge in [-0.25, -0.2) is 0 Å². The summed E-state index contributed by atoms with van der Waals surface area (Å²) in [6.45, 7) is 9.51. The van der Waals surface area contributed by atoms with Crippen molar-refractivity contribution in [2.75, 3.05) is 24.6 Å². The standard InChI is InChI=1S/C20H44P/c1-5-9-12-14-15-17-20-21(8-4,18-11-7-3)19-16-13-10-6-2/h5-20H2,1-4H3/q+1. The average Bonchev–Trinajstić information content (AvgIpc) is 2.52. The van der Waals surface area contributed by atoms with Crippen LogP contribution in [-0.2, 0) is 0 Å². The van der Waals surface area contributed by atoms with Gasteiger partial charge in [0.2, 0.25) is 0 Å². The van der Waals surface area contributed by atoms with Gasteiger partial charge in [-0.15, -0.1) is 0 Å². The van der Waals surface area contributed by atoms with Crippen LogP contribution in [0.4, 0.5) is 0 Å². The fourth-order valence-electron chi connectivity index (χ4n) is 3.40. The SMILES string of the molecule is CCCCCCCC[P+](CC)(CCCC)CCCCCC. The second-order valence-electron chi connectivity index (χ2n) is 7.01. The Morgan fingerprint density at radius 1 is 0.429 bits per heavy atom. The Labute approximate surface area is 137 Å². The first-order valence-corrected chi connectivity index (χ1v) is 12.6. The number of unbranched alkanes of at least 4 members (excludes halogenated alkanes) is 9. The van der Waals surface area contributed by atoms with E-state index >= 15 is 0 Å². The molecule has 0 amide bonds. The fraction of sp³-hybridized carbons (Fsp3) is 1.00. The van der Waals surface area contributed by atoms with E-state index in [1.165, 1.54) is 83.2 Å². The quantitative estimate of drug-likeness (QED) is 0.201. The van der Waals surface area contributed by atoms with E-state index in [9.17, 15) is 0 Å². The first kappa shape index (κ1) is 21.4. The molecule has 0 saturated carbocycles. The maximum atomic E-state index is 2.50. The topological polar surface area (TPSA) is 0 Å². The van der Waals surface area contributed by atoms with E-state index in [2.05, 4.69) is 27.7 Å². The summed E-state index contributed by atoms with van der Waals surface area (Å²) in [5.41, 5.74) is 0. The minimum atomic E-state index is -0.589. The zero-order valence-corrected chi connectivity index (χ0v) is 16.7. The Bertz CT molecular complexity index is 202. The van der Waals surface area contributed by atoms with Crippen molar-refractivity contribution in [1.82, 2.24) is 0 Å². The molecule has 0 fully saturated rings. The fourth-order valence-corrected chi connectivity index (χ4v) is 7.80. The molecular weight excluding hydrogens is 271 g/mol. The summed E-state index contributed by atoms with van der Waals surface area (Å²) in [5.74, 6) is 0. The van der Waals surface area contributed by atoms with Gasteiger partial charge in [0.25, 0.3) is 0 Å². The van der Waals surface area contributed by atoms with E-state index in [4.69, 9.17) is 0 Å². The van der Waals surface area contributed by atoms with E-state index < -0.39 is 7.26 Å². The van der Waals surface area contributed by atoms with Crippen LogP contribution in [-0.4, -0.2) is 24.6 Å². The molecule has 1 heteroatoms. The number of hydrogen-bond acceptors (Lipinski definition) is 0. The van der Waals surface area contributed by atoms with Crippen LogP contribution in [0.3, 0.4) is 0 Å². The zero-order chi connectivity index (χ0) is 15.8. The summed E-state index contributed by atoms with van der Waals surface area (Å²) in [6.07, 6.45) is 23.9. The van der Waals surface area contributed by atoms with Gasteiger partial charge in [-0.05, 0) is 39.0 Å². The van der Waals surface area contributed by atoms with E-state index in [0.717, 1.165) is 0 Å². The summed E-state index contributed by atoms with van der Waals surface area (Å²) < 4.78 is 0. The Hall–Kier alpha value is 0.430. The molecule has 1 unspecified atom stereocenters. The maximum absolute atomic E-state index is 2.50. The van der Waals surface area contributed by atoms with E-state index in [1.54, 1.807) is 18.5 Å². The predicted octanol–water partition coefficient (Wildman–Crippen LogP) is 7.76. The molecule has 0 spiro atoms. The molecule has 0 aromatic carbocycles. The van der Waals surface area contributed by atoms with Gasteiger partial charge in [0.05, 0.1) is 24.6 Å². The van der Waals surface area contributed by atoms with Gasteiger partial charge in [0, 0.05) is 7.26 Å². The molecule has 0 aliphatic heterocycles. The molecule has 128 valence electrons. The third-order valence-corrected chi connectivity index (χ3v) is 10.3. The molecule has 0 nitrogen and oxygen atoms in total. The lowest BCUT2D eigenvalue weighted by Crippen LogP contribution is -2.11. The van der Waals surface area contributed by atoms with E-state index in [1.807, 2.05) is 0 Å². The summed E-state index contributed by atoms with van der Waals surface area (Å²) in [7, 11) is -0.589. The molecule has 0 N–H and O–H groups in total. The molecule has 0 rings (SSSR count). The maximum Gasteiger partial charge on any atom is 0.0594 e. The first-order valence-electron chi connectivity index (χ1n) is 10.1. The highest BCUT2D eigenvalue weighted by Gasteiger charge is 2.33. The van der Waals surface area contributed by atoms with Crippen molar-refractivity contribution < 1.29 is 0 Å². The summed E-state index contributed by atoms with van der Waals surface area (Å²) in [5, 5.41) is 0. The van der Waals surface area contributed by atoms with Gasteiger partial charge in [-0.2, -0.15) is 0 Å². The van der Waals surface area contributed by atoms with Gasteiger partial charge in [-0.3, -0.25) is 0 Å². The Kier molecular flexibility index (Phi) is 15.6. The van der Waals surface area contributed by atoms with Gasteiger partial charge in [0.1, 0.15) is 0 Å². The monoisotopic (exact) mass is 315 g/mol. The van der Waals surface area contributed by atoms with Crippen molar-refractivity contribution in [2.24, 2.45) is 0 Å². The second-order valence-corrected chi connectivity index (χ2v) is 11.7. The third kappa shape index (κ3) is 11.6. The van der Waals surface area contributed by atoms with Crippen LogP contribution in [0.15, 0.2) is 0 Å². The molecule has 0 aliphatic rings. The van der Waals surface area contributed by atoms with Crippen LogP contribution >= 0.6 is 7.26 Å². The lowest BCUT2D eigenvalue weighted by Gasteiger charge is -2.27. The van der Waals surface area contributed by atoms with Crippen molar-refractivity contribution in [3.05, 3.63) is 0 Å². The van der Waals surface area contributed by atoms with Gasteiger partial charge in [0.15, 0.2) is 0 Å². The van der Waals surface area contributed by atoms with Gasteiger partial charge < -0.3 is 0 Å². The normalized spacial score (nSPS) is 14.3. The van der Waals surface area contributed by atoms with Crippen LogP contribution in [0.5, 0.6) is 0 Å². The molecule has 0 heterocycles. The molecule has 0 aliphatic carbocycles. The number of rotatable bonds is 16. The van der Waals surface area contributed by atoms with E-state index in [0.29, 0.717) is 0 Å². The predicted molar refractivity (Wildman–Crippen MR) is 104 cm³/mol. The average molecular weight is 316 g/mol. The Balaban J connectivity index is 4.08. The van der Waals surface area contributed by atoms with Crippen molar-refractivity contribution in [3.63, 3.8) is 0 Å². The first-order chi connectivity index (χ1) is 10.2. The highest BCUT2D eigenvalue weighted by atomic mass is 31.2. The van der Waals surface area contributed by atoms with Crippen LogP contribution in [0.2, 0.25) is 0 Å². The molecular formula is C20H44P+. The van der Waals surface area contributed by atoms with Crippen LogP contribution in [0.1, 0.15) is 105 Å². The molecule has 1 atom stereocenters. The summed E-state index contributed by atoms with van der Waals surface area (Å²) in [6, 6.07) is 0. The Morgan fingerprint density at radius 3 is 1.29 bits per heavy atom. The highest BCUT2D eigenvalue weighted by Crippen LogP contribution is 2.60. The van der Waals surface area contributed by atoms with Gasteiger partial charge >= 0.3 is 0 Å². The summed E-state index contributed by atoms with van der Waals surface area (Å²) >= 11 is 0. The van der Waals surface area contributed by atoms with Crippen LogP contribution in [0, 0.1) is 0 Å². The lowest BCUT2D eigenvalue weighted by molar-refractivity contribution is 0.624. The summed E-state index contributed by atoms with van der Waals surface area (Å²) in [4.78, 5) is 0. The third-order valence-electron chi connectivity index (χ3n) is 5.13. The van der Waals surface area contributed by atoms with Crippen molar-refractivity contribution in [2.45, 2.75) is 105 Å². The number of hydrogen-bond donors (Lipinski definition) is 0. The molecule has 0 bridgehead atoms. The van der Waals surface area contributed by atoms with Crippen molar-refractivity contribution >= 4 is 7.26 Å².